The fourth-order valence-electron chi connectivity index (χ4n) is 2.15. The highest BCUT2D eigenvalue weighted by molar-refractivity contribution is 6.34. The molecule has 2 aromatic carbocycles. The number of nitrogens with zero attached hydrogens (tertiary/aromatic N) is 1. The van der Waals surface area contributed by atoms with Gasteiger partial charge in [0.05, 0.1) is 16.3 Å². The van der Waals surface area contributed by atoms with Crippen LogP contribution in [0.25, 0.3) is 0 Å². The van der Waals surface area contributed by atoms with E-state index in [1.54, 1.807) is 13.0 Å². The molecule has 0 fully saturated rings. The molecule has 5 heteroatoms. The normalized spacial score (nSPS) is 10.5. The van der Waals surface area contributed by atoms with E-state index in [1.165, 1.54) is 35.2 Å². The zero-order chi connectivity index (χ0) is 15.6. The number of benzene rings is 2. The van der Waals surface area contributed by atoms with Crippen molar-refractivity contribution in [3.8, 4) is 5.75 Å². The summed E-state index contributed by atoms with van der Waals surface area (Å²) in [4.78, 5) is 14.0. The van der Waals surface area contributed by atoms with Crippen LogP contribution in [-0.4, -0.2) is 17.6 Å². The molecule has 0 radical (unpaired) electrons. The third-order valence-electron chi connectivity index (χ3n) is 3.22. The number of rotatable bonds is 3. The number of halogens is 2. The van der Waals surface area contributed by atoms with E-state index in [4.69, 9.17) is 11.6 Å². The van der Waals surface area contributed by atoms with Crippen molar-refractivity contribution in [1.82, 2.24) is 0 Å². The molecule has 0 aliphatic carbocycles. The van der Waals surface area contributed by atoms with Crippen molar-refractivity contribution in [1.29, 1.82) is 0 Å². The lowest BCUT2D eigenvalue weighted by atomic mass is 10.1. The number of phenolic OH excluding ortho intramolecular Hbond substituents is 1. The highest BCUT2D eigenvalue weighted by atomic mass is 35.5. The van der Waals surface area contributed by atoms with Gasteiger partial charge in [0, 0.05) is 12.6 Å². The zero-order valence-electron chi connectivity index (χ0n) is 11.7. The predicted octanol–water partition coefficient (Wildman–Crippen LogP) is 4.16. The number of phenols is 1. The molecule has 3 nitrogen and oxygen atoms in total. The van der Waals surface area contributed by atoms with Crippen LogP contribution in [0.1, 0.15) is 22.8 Å². The molecule has 0 spiro atoms. The zero-order valence-corrected chi connectivity index (χ0v) is 12.5. The molecule has 0 aliphatic rings. The molecule has 0 atom stereocenters. The van der Waals surface area contributed by atoms with Gasteiger partial charge >= 0.3 is 0 Å². The molecule has 0 heterocycles. The van der Waals surface area contributed by atoms with E-state index < -0.39 is 11.7 Å². The highest BCUT2D eigenvalue weighted by Crippen LogP contribution is 2.28. The Bertz CT molecular complexity index is 668. The molecule has 110 valence electrons. The smallest absolute Gasteiger partial charge is 0.262 e. The van der Waals surface area contributed by atoms with E-state index in [2.05, 4.69) is 0 Å². The lowest BCUT2D eigenvalue weighted by molar-refractivity contribution is 0.0984. The minimum absolute atomic E-state index is 0.0430. The van der Waals surface area contributed by atoms with Crippen LogP contribution in [0, 0.1) is 12.7 Å². The molecule has 0 saturated heterocycles. The third-order valence-corrected chi connectivity index (χ3v) is 3.54. The maximum absolute atomic E-state index is 13.9. The van der Waals surface area contributed by atoms with E-state index in [-0.39, 0.29) is 16.3 Å². The molecule has 2 aromatic rings. The van der Waals surface area contributed by atoms with Crippen molar-refractivity contribution in [2.24, 2.45) is 0 Å². The molecule has 0 saturated carbocycles. The van der Waals surface area contributed by atoms with Gasteiger partial charge in [0.25, 0.3) is 5.91 Å². The molecule has 21 heavy (non-hydrogen) atoms. The molecule has 0 aromatic heterocycles. The second-order valence-electron chi connectivity index (χ2n) is 4.62. The van der Waals surface area contributed by atoms with Crippen LogP contribution in [-0.2, 0) is 0 Å². The van der Waals surface area contributed by atoms with Gasteiger partial charge in [-0.25, -0.2) is 4.39 Å². The molecule has 1 amide bonds. The molecular formula is C16H15ClFNO2. The van der Waals surface area contributed by atoms with Crippen LogP contribution in [0.4, 0.5) is 10.1 Å². The monoisotopic (exact) mass is 307 g/mol. The maximum atomic E-state index is 13.9. The SMILES string of the molecule is CCN(C(=O)c1c(F)cccc1Cl)c1cc(O)ccc1C. The number of aryl methyl sites for hydroxylation is 1. The molecular weight excluding hydrogens is 293 g/mol. The van der Waals surface area contributed by atoms with Crippen molar-refractivity contribution < 1.29 is 14.3 Å². The lowest BCUT2D eigenvalue weighted by Gasteiger charge is -2.23. The fourth-order valence-corrected chi connectivity index (χ4v) is 2.39. The van der Waals surface area contributed by atoms with Gasteiger partial charge in [-0.3, -0.25) is 4.79 Å². The molecule has 2 rings (SSSR count). The van der Waals surface area contributed by atoms with Gasteiger partial charge in [-0.15, -0.1) is 0 Å². The second-order valence-corrected chi connectivity index (χ2v) is 5.02. The predicted molar refractivity (Wildman–Crippen MR) is 81.6 cm³/mol. The third kappa shape index (κ3) is 3.00. The van der Waals surface area contributed by atoms with Gasteiger partial charge in [0.15, 0.2) is 0 Å². The van der Waals surface area contributed by atoms with Gasteiger partial charge in [0.2, 0.25) is 0 Å². The van der Waals surface area contributed by atoms with Crippen LogP contribution in [0.2, 0.25) is 5.02 Å². The number of hydrogen-bond acceptors (Lipinski definition) is 2. The van der Waals surface area contributed by atoms with E-state index >= 15 is 0 Å². The molecule has 1 N–H and O–H groups in total. The summed E-state index contributed by atoms with van der Waals surface area (Å²) in [6, 6.07) is 8.83. The number of carbonyl (C=O) groups is 1. The average Bonchev–Trinajstić information content (AvgIpc) is 2.43. The van der Waals surface area contributed by atoms with Crippen molar-refractivity contribution in [3.63, 3.8) is 0 Å². The Labute approximate surface area is 127 Å². The first-order valence-corrected chi connectivity index (χ1v) is 6.89. The average molecular weight is 308 g/mol. The summed E-state index contributed by atoms with van der Waals surface area (Å²) in [5.74, 6) is -1.15. The Morgan fingerprint density at radius 2 is 2.05 bits per heavy atom. The topological polar surface area (TPSA) is 40.5 Å². The lowest BCUT2D eigenvalue weighted by Crippen LogP contribution is -2.32. The minimum Gasteiger partial charge on any atom is -0.508 e. The molecule has 0 aliphatic heterocycles. The highest BCUT2D eigenvalue weighted by Gasteiger charge is 2.23. The Morgan fingerprint density at radius 3 is 2.67 bits per heavy atom. The number of hydrogen-bond donors (Lipinski definition) is 1. The van der Waals surface area contributed by atoms with Crippen molar-refractivity contribution in [2.45, 2.75) is 13.8 Å². The van der Waals surface area contributed by atoms with Crippen LogP contribution in [0.3, 0.4) is 0 Å². The summed E-state index contributed by atoms with van der Waals surface area (Å²) in [6.07, 6.45) is 0. The number of carbonyl (C=O) groups excluding carboxylic acids is 1. The standard InChI is InChI=1S/C16H15ClFNO2/c1-3-19(14-9-11(20)8-7-10(14)2)16(21)15-12(17)5-4-6-13(15)18/h4-9,20H,3H2,1-2H3. The Hall–Kier alpha value is -2.07. The first-order chi connectivity index (χ1) is 9.95. The van der Waals surface area contributed by atoms with Gasteiger partial charge < -0.3 is 10.0 Å². The second kappa shape index (κ2) is 6.14. The van der Waals surface area contributed by atoms with E-state index in [1.807, 2.05) is 6.92 Å². The summed E-state index contributed by atoms with van der Waals surface area (Å²) in [5.41, 5.74) is 1.17. The number of anilines is 1. The van der Waals surface area contributed by atoms with E-state index in [0.29, 0.717) is 12.2 Å². The van der Waals surface area contributed by atoms with Crippen LogP contribution >= 0.6 is 11.6 Å². The largest absolute Gasteiger partial charge is 0.508 e. The Balaban J connectivity index is 2.51. The minimum atomic E-state index is -0.663. The first kappa shape index (κ1) is 15.3. The fraction of sp³-hybridized carbons (Fsp3) is 0.188. The van der Waals surface area contributed by atoms with Crippen molar-refractivity contribution in [3.05, 3.63) is 58.4 Å². The Kier molecular flexibility index (Phi) is 4.48. The summed E-state index contributed by atoms with van der Waals surface area (Å²) >= 11 is 5.95. The van der Waals surface area contributed by atoms with E-state index in [9.17, 15) is 14.3 Å². The first-order valence-electron chi connectivity index (χ1n) is 6.51. The summed E-state index contributed by atoms with van der Waals surface area (Å²) < 4.78 is 13.9. The van der Waals surface area contributed by atoms with Gasteiger partial charge in [-0.1, -0.05) is 23.7 Å². The molecule has 0 bridgehead atoms. The van der Waals surface area contributed by atoms with Gasteiger partial charge in [-0.05, 0) is 37.6 Å². The molecule has 0 unspecified atom stereocenters. The van der Waals surface area contributed by atoms with Crippen LogP contribution in [0.5, 0.6) is 5.75 Å². The van der Waals surface area contributed by atoms with E-state index in [0.717, 1.165) is 5.56 Å². The van der Waals surface area contributed by atoms with Crippen LogP contribution < -0.4 is 4.90 Å². The van der Waals surface area contributed by atoms with Crippen LogP contribution in [0.15, 0.2) is 36.4 Å². The van der Waals surface area contributed by atoms with Crippen molar-refractivity contribution in [2.75, 3.05) is 11.4 Å². The number of aromatic hydroxyl groups is 1. The summed E-state index contributed by atoms with van der Waals surface area (Å²) in [5, 5.41) is 9.67. The quantitative estimate of drug-likeness (QED) is 0.925. The van der Waals surface area contributed by atoms with Gasteiger partial charge in [0.1, 0.15) is 11.6 Å². The number of amides is 1. The Morgan fingerprint density at radius 1 is 1.33 bits per heavy atom. The van der Waals surface area contributed by atoms with Crippen molar-refractivity contribution >= 4 is 23.2 Å². The summed E-state index contributed by atoms with van der Waals surface area (Å²) in [7, 11) is 0. The van der Waals surface area contributed by atoms with Gasteiger partial charge in [-0.2, -0.15) is 0 Å². The summed E-state index contributed by atoms with van der Waals surface area (Å²) in [6.45, 7) is 3.91. The maximum Gasteiger partial charge on any atom is 0.262 e.